The van der Waals surface area contributed by atoms with E-state index >= 15 is 0 Å². The van der Waals surface area contributed by atoms with Crippen molar-refractivity contribution in [2.45, 2.75) is 32.4 Å². The average Bonchev–Trinajstić information content (AvgIpc) is 2.87. The second-order valence-electron chi connectivity index (χ2n) is 4.08. The molecule has 0 amide bonds. The van der Waals surface area contributed by atoms with E-state index in [4.69, 9.17) is 0 Å². The molecule has 1 aliphatic rings. The fraction of sp³-hybridized carbons (Fsp3) is 0.727. The number of thiazole rings is 1. The Balaban J connectivity index is 1.90. The van der Waals surface area contributed by atoms with E-state index in [0.717, 1.165) is 13.1 Å². The lowest BCUT2D eigenvalue weighted by atomic mass is 10.2. The average molecular weight is 225 g/mol. The minimum absolute atomic E-state index is 0.480. The van der Waals surface area contributed by atoms with E-state index in [-0.39, 0.29) is 0 Å². The van der Waals surface area contributed by atoms with Crippen molar-refractivity contribution in [2.24, 2.45) is 0 Å². The molecular formula is C11H19N3S. The SMILES string of the molecule is CCNC1CCN(C(C)c2nccs2)C1. The van der Waals surface area contributed by atoms with Crippen molar-refractivity contribution < 1.29 is 0 Å². The molecule has 2 rings (SSSR count). The number of nitrogens with zero attached hydrogens (tertiary/aromatic N) is 2. The normalized spacial score (nSPS) is 24.5. The monoisotopic (exact) mass is 225 g/mol. The van der Waals surface area contributed by atoms with Crippen LogP contribution in [0.4, 0.5) is 0 Å². The third kappa shape index (κ3) is 2.56. The molecule has 15 heavy (non-hydrogen) atoms. The summed E-state index contributed by atoms with van der Waals surface area (Å²) >= 11 is 1.76. The Kier molecular flexibility index (Phi) is 3.72. The first-order valence-electron chi connectivity index (χ1n) is 5.68. The maximum absolute atomic E-state index is 4.39. The molecule has 3 nitrogen and oxygen atoms in total. The van der Waals surface area contributed by atoms with Crippen molar-refractivity contribution in [3.05, 3.63) is 16.6 Å². The second-order valence-corrected chi connectivity index (χ2v) is 5.01. The largest absolute Gasteiger partial charge is 0.313 e. The smallest absolute Gasteiger partial charge is 0.109 e. The summed E-state index contributed by atoms with van der Waals surface area (Å²) in [6.07, 6.45) is 3.16. The summed E-state index contributed by atoms with van der Waals surface area (Å²) in [7, 11) is 0. The summed E-state index contributed by atoms with van der Waals surface area (Å²) in [6, 6.07) is 1.16. The van der Waals surface area contributed by atoms with Crippen LogP contribution in [0.15, 0.2) is 11.6 Å². The van der Waals surface area contributed by atoms with E-state index in [1.165, 1.54) is 18.0 Å². The van der Waals surface area contributed by atoms with Gasteiger partial charge in [0.05, 0.1) is 6.04 Å². The maximum atomic E-state index is 4.39. The number of nitrogens with one attached hydrogen (secondary N) is 1. The molecule has 2 heterocycles. The topological polar surface area (TPSA) is 28.2 Å². The maximum Gasteiger partial charge on any atom is 0.109 e. The highest BCUT2D eigenvalue weighted by molar-refractivity contribution is 7.09. The molecule has 1 fully saturated rings. The highest BCUT2D eigenvalue weighted by Gasteiger charge is 2.26. The van der Waals surface area contributed by atoms with Gasteiger partial charge in [-0.05, 0) is 19.9 Å². The van der Waals surface area contributed by atoms with E-state index in [1.807, 2.05) is 6.20 Å². The number of hydrogen-bond acceptors (Lipinski definition) is 4. The molecule has 0 aromatic carbocycles. The molecule has 1 N–H and O–H groups in total. The standard InChI is InChI=1S/C11H19N3S/c1-3-12-10-4-6-14(8-10)9(2)11-13-5-7-15-11/h5,7,9-10,12H,3-4,6,8H2,1-2H3. The second kappa shape index (κ2) is 5.05. The first kappa shape index (κ1) is 11.0. The van der Waals surface area contributed by atoms with Gasteiger partial charge in [0.25, 0.3) is 0 Å². The van der Waals surface area contributed by atoms with E-state index in [9.17, 15) is 0 Å². The van der Waals surface area contributed by atoms with Crippen molar-refractivity contribution in [2.75, 3.05) is 19.6 Å². The van der Waals surface area contributed by atoms with Gasteiger partial charge in [-0.3, -0.25) is 4.90 Å². The molecule has 0 saturated carbocycles. The minimum atomic E-state index is 0.480. The summed E-state index contributed by atoms with van der Waals surface area (Å²) in [5.74, 6) is 0. The van der Waals surface area contributed by atoms with E-state index in [2.05, 4.69) is 34.4 Å². The lowest BCUT2D eigenvalue weighted by Gasteiger charge is -2.22. The molecule has 0 spiro atoms. The number of likely N-dealkylation sites (N-methyl/N-ethyl adjacent to an activating group) is 1. The first-order chi connectivity index (χ1) is 7.31. The molecular weight excluding hydrogens is 206 g/mol. The zero-order chi connectivity index (χ0) is 10.7. The molecule has 1 aromatic heterocycles. The molecule has 2 atom stereocenters. The number of rotatable bonds is 4. The molecule has 2 unspecified atom stereocenters. The Morgan fingerprint density at radius 2 is 2.60 bits per heavy atom. The molecule has 4 heteroatoms. The van der Waals surface area contributed by atoms with Gasteiger partial charge in [0, 0.05) is 30.7 Å². The van der Waals surface area contributed by atoms with Crippen LogP contribution in [0.2, 0.25) is 0 Å². The van der Waals surface area contributed by atoms with Gasteiger partial charge < -0.3 is 5.32 Å². The van der Waals surface area contributed by atoms with Gasteiger partial charge in [-0.15, -0.1) is 11.3 Å². The van der Waals surface area contributed by atoms with Gasteiger partial charge in [0.15, 0.2) is 0 Å². The Morgan fingerprint density at radius 1 is 1.73 bits per heavy atom. The minimum Gasteiger partial charge on any atom is -0.313 e. The summed E-state index contributed by atoms with van der Waals surface area (Å²) in [6.45, 7) is 7.86. The van der Waals surface area contributed by atoms with E-state index in [0.29, 0.717) is 12.1 Å². The van der Waals surface area contributed by atoms with Gasteiger partial charge in [-0.25, -0.2) is 4.98 Å². The van der Waals surface area contributed by atoms with Gasteiger partial charge >= 0.3 is 0 Å². The number of aromatic nitrogens is 1. The molecule has 1 aromatic rings. The van der Waals surface area contributed by atoms with Gasteiger partial charge in [-0.2, -0.15) is 0 Å². The van der Waals surface area contributed by atoms with Crippen molar-refractivity contribution >= 4 is 11.3 Å². The van der Waals surface area contributed by atoms with Crippen LogP contribution in [-0.2, 0) is 0 Å². The summed E-state index contributed by atoms with van der Waals surface area (Å²) in [5, 5.41) is 6.82. The van der Waals surface area contributed by atoms with Crippen molar-refractivity contribution in [1.82, 2.24) is 15.2 Å². The molecule has 0 radical (unpaired) electrons. The summed E-state index contributed by atoms with van der Waals surface area (Å²) < 4.78 is 0. The zero-order valence-corrected chi connectivity index (χ0v) is 10.3. The quantitative estimate of drug-likeness (QED) is 0.848. The third-order valence-corrected chi connectivity index (χ3v) is 4.01. The highest BCUT2D eigenvalue weighted by atomic mass is 32.1. The summed E-state index contributed by atoms with van der Waals surface area (Å²) in [5.41, 5.74) is 0. The fourth-order valence-electron chi connectivity index (χ4n) is 2.19. The Labute approximate surface area is 95.5 Å². The zero-order valence-electron chi connectivity index (χ0n) is 9.44. The molecule has 1 aliphatic heterocycles. The van der Waals surface area contributed by atoms with E-state index < -0.39 is 0 Å². The highest BCUT2D eigenvalue weighted by Crippen LogP contribution is 2.25. The van der Waals surface area contributed by atoms with Crippen molar-refractivity contribution in [3.63, 3.8) is 0 Å². The predicted octanol–water partition coefficient (Wildman–Crippen LogP) is 1.89. The molecule has 1 saturated heterocycles. The van der Waals surface area contributed by atoms with Crippen LogP contribution in [-0.4, -0.2) is 35.6 Å². The van der Waals surface area contributed by atoms with Crippen molar-refractivity contribution in [3.8, 4) is 0 Å². The Bertz CT molecular complexity index is 286. The number of hydrogen-bond donors (Lipinski definition) is 1. The third-order valence-electron chi connectivity index (χ3n) is 3.07. The van der Waals surface area contributed by atoms with Crippen LogP contribution in [0, 0.1) is 0 Å². The molecule has 84 valence electrons. The van der Waals surface area contributed by atoms with Crippen molar-refractivity contribution in [1.29, 1.82) is 0 Å². The van der Waals surface area contributed by atoms with Gasteiger partial charge in [0.2, 0.25) is 0 Å². The molecule has 0 bridgehead atoms. The Hall–Kier alpha value is -0.450. The Morgan fingerprint density at radius 3 is 3.27 bits per heavy atom. The van der Waals surface area contributed by atoms with Crippen LogP contribution in [0.5, 0.6) is 0 Å². The van der Waals surface area contributed by atoms with Crippen LogP contribution in [0.25, 0.3) is 0 Å². The van der Waals surface area contributed by atoms with Crippen LogP contribution < -0.4 is 5.32 Å². The van der Waals surface area contributed by atoms with Crippen LogP contribution in [0.3, 0.4) is 0 Å². The first-order valence-corrected chi connectivity index (χ1v) is 6.56. The number of likely N-dealkylation sites (tertiary alicyclic amines) is 1. The predicted molar refractivity (Wildman–Crippen MR) is 64.2 cm³/mol. The van der Waals surface area contributed by atoms with Gasteiger partial charge in [0.1, 0.15) is 5.01 Å². The van der Waals surface area contributed by atoms with Crippen LogP contribution in [0.1, 0.15) is 31.3 Å². The summed E-state index contributed by atoms with van der Waals surface area (Å²) in [4.78, 5) is 6.91. The molecule has 0 aliphatic carbocycles. The lowest BCUT2D eigenvalue weighted by molar-refractivity contribution is 0.255. The van der Waals surface area contributed by atoms with E-state index in [1.54, 1.807) is 11.3 Å². The van der Waals surface area contributed by atoms with Crippen LogP contribution >= 0.6 is 11.3 Å². The fourth-order valence-corrected chi connectivity index (χ4v) is 2.92. The van der Waals surface area contributed by atoms with Gasteiger partial charge in [-0.1, -0.05) is 6.92 Å². The lowest BCUT2D eigenvalue weighted by Crippen LogP contribution is -2.33.